The molecule has 0 atom stereocenters. The summed E-state index contributed by atoms with van der Waals surface area (Å²) in [5.41, 5.74) is 4.72. The number of benzene rings is 3. The Bertz CT molecular complexity index is 1220. The van der Waals surface area contributed by atoms with Crippen LogP contribution in [0.2, 0.25) is 0 Å². The molecule has 0 aliphatic heterocycles. The zero-order chi connectivity index (χ0) is 21.1. The highest BCUT2D eigenvalue weighted by Crippen LogP contribution is 2.28. The van der Waals surface area contributed by atoms with E-state index in [1.807, 2.05) is 49.4 Å². The van der Waals surface area contributed by atoms with Gasteiger partial charge in [-0.05, 0) is 55.0 Å². The Morgan fingerprint density at radius 3 is 2.60 bits per heavy atom. The first-order valence-electron chi connectivity index (χ1n) is 9.62. The van der Waals surface area contributed by atoms with E-state index in [1.165, 1.54) is 12.1 Å². The van der Waals surface area contributed by atoms with Crippen LogP contribution < -0.4 is 10.1 Å². The number of pyridine rings is 1. The molecule has 30 heavy (non-hydrogen) atoms. The maximum Gasteiger partial charge on any atom is 0.252 e. The molecule has 1 heterocycles. The molecule has 0 aliphatic carbocycles. The van der Waals surface area contributed by atoms with Crippen LogP contribution in [-0.4, -0.2) is 18.0 Å². The predicted molar refractivity (Wildman–Crippen MR) is 116 cm³/mol. The van der Waals surface area contributed by atoms with Gasteiger partial charge >= 0.3 is 0 Å². The van der Waals surface area contributed by atoms with E-state index in [0.29, 0.717) is 17.8 Å². The molecular formula is C25H21FN2O2. The topological polar surface area (TPSA) is 51.2 Å². The second kappa shape index (κ2) is 8.33. The minimum absolute atomic E-state index is 0.207. The number of ether oxygens (including phenoxy) is 1. The first-order chi connectivity index (χ1) is 14.5. The highest BCUT2D eigenvalue weighted by Gasteiger charge is 2.15. The van der Waals surface area contributed by atoms with Crippen LogP contribution in [0.4, 0.5) is 4.39 Å². The molecule has 0 unspecified atom stereocenters. The van der Waals surface area contributed by atoms with Gasteiger partial charge in [-0.25, -0.2) is 9.37 Å². The molecule has 0 fully saturated rings. The molecule has 0 radical (unpaired) electrons. The summed E-state index contributed by atoms with van der Waals surface area (Å²) in [6.07, 6.45) is 0. The SMILES string of the molecule is COc1cccc(-c2cc(C(=O)NCc3ccc(F)cc3)c3cc(C)ccc3n2)c1. The number of amides is 1. The lowest BCUT2D eigenvalue weighted by atomic mass is 10.0. The van der Waals surface area contributed by atoms with Gasteiger partial charge in [0.2, 0.25) is 0 Å². The average Bonchev–Trinajstić information content (AvgIpc) is 2.77. The maximum atomic E-state index is 13.1. The van der Waals surface area contributed by atoms with E-state index in [1.54, 1.807) is 25.3 Å². The van der Waals surface area contributed by atoms with Crippen molar-refractivity contribution in [3.8, 4) is 17.0 Å². The Morgan fingerprint density at radius 2 is 1.83 bits per heavy atom. The highest BCUT2D eigenvalue weighted by molar-refractivity contribution is 6.07. The Balaban J connectivity index is 1.73. The van der Waals surface area contributed by atoms with Crippen molar-refractivity contribution in [2.75, 3.05) is 7.11 Å². The molecule has 4 rings (SSSR count). The van der Waals surface area contributed by atoms with Gasteiger partial charge in [0.25, 0.3) is 5.91 Å². The number of carbonyl (C=O) groups excluding carboxylic acids is 1. The Hall–Kier alpha value is -3.73. The van der Waals surface area contributed by atoms with Gasteiger partial charge in [0.05, 0.1) is 23.9 Å². The second-order valence-corrected chi connectivity index (χ2v) is 7.12. The van der Waals surface area contributed by atoms with Crippen molar-refractivity contribution in [3.05, 3.63) is 95.3 Å². The third-order valence-electron chi connectivity index (χ3n) is 4.94. The Kier molecular flexibility index (Phi) is 5.44. The number of nitrogens with zero attached hydrogens (tertiary/aromatic N) is 1. The Labute approximate surface area is 174 Å². The van der Waals surface area contributed by atoms with Crippen LogP contribution in [0.25, 0.3) is 22.2 Å². The van der Waals surface area contributed by atoms with Gasteiger partial charge in [0, 0.05) is 17.5 Å². The van der Waals surface area contributed by atoms with Crippen LogP contribution in [0.3, 0.4) is 0 Å². The predicted octanol–water partition coefficient (Wildman–Crippen LogP) is 5.29. The minimum atomic E-state index is -0.302. The monoisotopic (exact) mass is 400 g/mol. The van der Waals surface area contributed by atoms with Gasteiger partial charge in [-0.1, -0.05) is 35.9 Å². The lowest BCUT2D eigenvalue weighted by molar-refractivity contribution is 0.0952. The van der Waals surface area contributed by atoms with Crippen molar-refractivity contribution in [2.24, 2.45) is 0 Å². The third-order valence-corrected chi connectivity index (χ3v) is 4.94. The number of fused-ring (bicyclic) bond motifs is 1. The van der Waals surface area contributed by atoms with E-state index in [2.05, 4.69) is 5.32 Å². The van der Waals surface area contributed by atoms with Gasteiger partial charge < -0.3 is 10.1 Å². The molecule has 1 aromatic heterocycles. The number of methoxy groups -OCH3 is 1. The fourth-order valence-electron chi connectivity index (χ4n) is 3.34. The van der Waals surface area contributed by atoms with Gasteiger partial charge in [0.1, 0.15) is 11.6 Å². The molecule has 0 aliphatic rings. The standard InChI is InChI=1S/C25H21FN2O2/c1-16-6-11-23-21(12-16)22(25(29)27-15-17-7-9-19(26)10-8-17)14-24(28-23)18-4-3-5-20(13-18)30-2/h3-14H,15H2,1-2H3,(H,27,29). The van der Waals surface area contributed by atoms with E-state index in [4.69, 9.17) is 9.72 Å². The van der Waals surface area contributed by atoms with E-state index in [-0.39, 0.29) is 11.7 Å². The molecule has 0 spiro atoms. The van der Waals surface area contributed by atoms with Crippen LogP contribution in [0.5, 0.6) is 5.75 Å². The maximum absolute atomic E-state index is 13.1. The van der Waals surface area contributed by atoms with Crippen LogP contribution >= 0.6 is 0 Å². The molecule has 4 aromatic rings. The number of aromatic nitrogens is 1. The van der Waals surface area contributed by atoms with E-state index in [9.17, 15) is 9.18 Å². The van der Waals surface area contributed by atoms with Crippen LogP contribution in [0.15, 0.2) is 72.8 Å². The fourth-order valence-corrected chi connectivity index (χ4v) is 3.34. The summed E-state index contributed by atoms with van der Waals surface area (Å²) in [4.78, 5) is 17.8. The lowest BCUT2D eigenvalue weighted by Gasteiger charge is -2.12. The second-order valence-electron chi connectivity index (χ2n) is 7.12. The Morgan fingerprint density at radius 1 is 1.03 bits per heavy atom. The number of aryl methyl sites for hydroxylation is 1. The molecule has 5 heteroatoms. The lowest BCUT2D eigenvalue weighted by Crippen LogP contribution is -2.23. The van der Waals surface area contributed by atoms with Crippen molar-refractivity contribution < 1.29 is 13.9 Å². The summed E-state index contributed by atoms with van der Waals surface area (Å²) in [6, 6.07) is 21.3. The average molecular weight is 400 g/mol. The molecule has 1 amide bonds. The summed E-state index contributed by atoms with van der Waals surface area (Å²) < 4.78 is 18.4. The van der Waals surface area contributed by atoms with Gasteiger partial charge in [0.15, 0.2) is 0 Å². The molecule has 150 valence electrons. The van der Waals surface area contributed by atoms with E-state index < -0.39 is 0 Å². The number of rotatable bonds is 5. The first kappa shape index (κ1) is 19.6. The number of hydrogen-bond acceptors (Lipinski definition) is 3. The zero-order valence-electron chi connectivity index (χ0n) is 16.8. The molecule has 0 saturated heterocycles. The van der Waals surface area contributed by atoms with Crippen LogP contribution in [0.1, 0.15) is 21.5 Å². The van der Waals surface area contributed by atoms with Crippen molar-refractivity contribution in [1.29, 1.82) is 0 Å². The summed E-state index contributed by atoms with van der Waals surface area (Å²) >= 11 is 0. The van der Waals surface area contributed by atoms with Crippen LogP contribution in [0, 0.1) is 12.7 Å². The molecule has 0 saturated carbocycles. The number of carbonyl (C=O) groups is 1. The molecule has 0 bridgehead atoms. The third kappa shape index (κ3) is 4.15. The smallest absolute Gasteiger partial charge is 0.252 e. The molecule has 1 N–H and O–H groups in total. The van der Waals surface area contributed by atoms with E-state index in [0.717, 1.165) is 33.3 Å². The van der Waals surface area contributed by atoms with Gasteiger partial charge in [-0.15, -0.1) is 0 Å². The summed E-state index contributed by atoms with van der Waals surface area (Å²) in [7, 11) is 1.62. The van der Waals surface area contributed by atoms with Crippen molar-refractivity contribution >= 4 is 16.8 Å². The summed E-state index contributed by atoms with van der Waals surface area (Å²) in [5.74, 6) is 0.214. The van der Waals surface area contributed by atoms with Gasteiger partial charge in [-0.2, -0.15) is 0 Å². The summed E-state index contributed by atoms with van der Waals surface area (Å²) in [6.45, 7) is 2.29. The zero-order valence-corrected chi connectivity index (χ0v) is 16.8. The largest absolute Gasteiger partial charge is 0.497 e. The van der Waals surface area contributed by atoms with Crippen LogP contribution in [-0.2, 0) is 6.54 Å². The fraction of sp³-hybridized carbons (Fsp3) is 0.120. The summed E-state index contributed by atoms with van der Waals surface area (Å²) in [5, 5.41) is 3.72. The van der Waals surface area contributed by atoms with E-state index >= 15 is 0 Å². The van der Waals surface area contributed by atoms with Crippen molar-refractivity contribution in [1.82, 2.24) is 10.3 Å². The van der Waals surface area contributed by atoms with Gasteiger partial charge in [-0.3, -0.25) is 4.79 Å². The first-order valence-corrected chi connectivity index (χ1v) is 9.62. The quantitative estimate of drug-likeness (QED) is 0.495. The number of hydrogen-bond donors (Lipinski definition) is 1. The number of nitrogens with one attached hydrogen (secondary N) is 1. The highest BCUT2D eigenvalue weighted by atomic mass is 19.1. The normalized spacial score (nSPS) is 10.8. The molecule has 4 nitrogen and oxygen atoms in total. The minimum Gasteiger partial charge on any atom is -0.497 e. The number of halogens is 1. The van der Waals surface area contributed by atoms with Crippen molar-refractivity contribution in [3.63, 3.8) is 0 Å². The molecular weight excluding hydrogens is 379 g/mol. The van der Waals surface area contributed by atoms with Crippen molar-refractivity contribution in [2.45, 2.75) is 13.5 Å². The molecule has 3 aromatic carbocycles.